The van der Waals surface area contributed by atoms with E-state index < -0.39 is 0 Å². The molecule has 0 fully saturated rings. The summed E-state index contributed by atoms with van der Waals surface area (Å²) in [4.78, 5) is 0. The van der Waals surface area contributed by atoms with Gasteiger partial charge in [-0.2, -0.15) is 0 Å². The fourth-order valence-electron chi connectivity index (χ4n) is 2.09. The summed E-state index contributed by atoms with van der Waals surface area (Å²) in [6.07, 6.45) is 0.0830. The molecular formula is C17H20ClNO2. The lowest BCUT2D eigenvalue weighted by Crippen LogP contribution is -2.05. The Labute approximate surface area is 130 Å². The molecule has 0 saturated carbocycles. The minimum atomic E-state index is 0.0830. The fraction of sp³-hybridized carbons (Fsp3) is 0.294. The quantitative estimate of drug-likeness (QED) is 0.797. The zero-order valence-corrected chi connectivity index (χ0v) is 13.5. The van der Waals surface area contributed by atoms with Gasteiger partial charge in [-0.25, -0.2) is 0 Å². The lowest BCUT2D eigenvalue weighted by molar-refractivity contribution is 0.242. The van der Waals surface area contributed by atoms with Gasteiger partial charge in [0.2, 0.25) is 0 Å². The van der Waals surface area contributed by atoms with E-state index in [1.54, 1.807) is 12.1 Å². The molecule has 2 aromatic carbocycles. The molecule has 0 atom stereocenters. The molecule has 0 heterocycles. The summed E-state index contributed by atoms with van der Waals surface area (Å²) in [5.74, 6) is 2.07. The summed E-state index contributed by atoms with van der Waals surface area (Å²) in [5.41, 5.74) is 8.46. The zero-order valence-electron chi connectivity index (χ0n) is 12.7. The number of benzene rings is 2. The Kier molecular flexibility index (Phi) is 4.63. The van der Waals surface area contributed by atoms with Gasteiger partial charge >= 0.3 is 0 Å². The third-order valence-electron chi connectivity index (χ3n) is 2.92. The van der Waals surface area contributed by atoms with Crippen molar-refractivity contribution in [3.63, 3.8) is 0 Å². The van der Waals surface area contributed by atoms with Gasteiger partial charge in [0.05, 0.1) is 6.10 Å². The van der Waals surface area contributed by atoms with Gasteiger partial charge in [-0.3, -0.25) is 0 Å². The van der Waals surface area contributed by atoms with Crippen LogP contribution in [0.1, 0.15) is 25.0 Å². The van der Waals surface area contributed by atoms with Crippen molar-refractivity contribution in [3.8, 4) is 17.2 Å². The van der Waals surface area contributed by atoms with Gasteiger partial charge in [0.25, 0.3) is 0 Å². The van der Waals surface area contributed by atoms with E-state index in [0.717, 1.165) is 21.9 Å². The van der Waals surface area contributed by atoms with Crippen molar-refractivity contribution in [1.29, 1.82) is 0 Å². The van der Waals surface area contributed by atoms with E-state index in [0.29, 0.717) is 17.2 Å². The van der Waals surface area contributed by atoms with Gasteiger partial charge in [-0.1, -0.05) is 11.6 Å². The van der Waals surface area contributed by atoms with Gasteiger partial charge in [0, 0.05) is 28.9 Å². The Morgan fingerprint density at radius 2 is 1.43 bits per heavy atom. The minimum absolute atomic E-state index is 0.0830. The summed E-state index contributed by atoms with van der Waals surface area (Å²) in [7, 11) is 0. The number of halogens is 1. The number of aryl methyl sites for hydroxylation is 2. The number of hydrogen-bond donors (Lipinski definition) is 1. The van der Waals surface area contributed by atoms with Gasteiger partial charge < -0.3 is 15.2 Å². The Morgan fingerprint density at radius 3 is 2.00 bits per heavy atom. The number of rotatable bonds is 4. The van der Waals surface area contributed by atoms with E-state index in [-0.39, 0.29) is 6.10 Å². The smallest absolute Gasteiger partial charge is 0.133 e. The number of ether oxygens (including phenoxy) is 2. The topological polar surface area (TPSA) is 44.5 Å². The average molecular weight is 306 g/mol. The van der Waals surface area contributed by atoms with Crippen LogP contribution < -0.4 is 15.2 Å². The largest absolute Gasteiger partial charge is 0.491 e. The number of nitrogens with two attached hydrogens (primary N) is 1. The van der Waals surface area contributed by atoms with E-state index >= 15 is 0 Å². The molecule has 21 heavy (non-hydrogen) atoms. The van der Waals surface area contributed by atoms with Crippen LogP contribution in [-0.2, 0) is 0 Å². The molecule has 2 N–H and O–H groups in total. The van der Waals surface area contributed by atoms with Crippen LogP contribution in [0.15, 0.2) is 30.3 Å². The van der Waals surface area contributed by atoms with Crippen molar-refractivity contribution in [2.24, 2.45) is 0 Å². The van der Waals surface area contributed by atoms with Crippen LogP contribution in [0.4, 0.5) is 5.69 Å². The summed E-state index contributed by atoms with van der Waals surface area (Å²) in [6, 6.07) is 9.19. The van der Waals surface area contributed by atoms with Crippen LogP contribution in [-0.4, -0.2) is 6.10 Å². The van der Waals surface area contributed by atoms with E-state index in [1.807, 2.05) is 45.9 Å². The van der Waals surface area contributed by atoms with E-state index in [4.69, 9.17) is 26.8 Å². The first-order valence-corrected chi connectivity index (χ1v) is 7.25. The van der Waals surface area contributed by atoms with Crippen LogP contribution in [0.2, 0.25) is 5.02 Å². The molecule has 112 valence electrons. The van der Waals surface area contributed by atoms with Crippen molar-refractivity contribution >= 4 is 17.3 Å². The van der Waals surface area contributed by atoms with Crippen LogP contribution >= 0.6 is 11.6 Å². The predicted molar refractivity (Wildman–Crippen MR) is 87.6 cm³/mol. The summed E-state index contributed by atoms with van der Waals surface area (Å²) < 4.78 is 11.5. The zero-order chi connectivity index (χ0) is 15.6. The highest BCUT2D eigenvalue weighted by molar-refractivity contribution is 6.32. The number of anilines is 1. The highest BCUT2D eigenvalue weighted by Crippen LogP contribution is 2.32. The Bertz CT molecular complexity index is 630. The van der Waals surface area contributed by atoms with Gasteiger partial charge in [-0.15, -0.1) is 0 Å². The van der Waals surface area contributed by atoms with Crippen LogP contribution in [0.5, 0.6) is 17.2 Å². The Balaban J connectivity index is 2.29. The second-order valence-electron chi connectivity index (χ2n) is 5.38. The molecule has 0 spiro atoms. The van der Waals surface area contributed by atoms with Crippen LogP contribution in [0.25, 0.3) is 0 Å². The molecule has 0 bridgehead atoms. The molecule has 0 unspecified atom stereocenters. The van der Waals surface area contributed by atoms with E-state index in [1.165, 1.54) is 0 Å². The van der Waals surface area contributed by atoms with Crippen molar-refractivity contribution < 1.29 is 9.47 Å². The van der Waals surface area contributed by atoms with Crippen LogP contribution in [0, 0.1) is 13.8 Å². The monoisotopic (exact) mass is 305 g/mol. The molecule has 4 heteroatoms. The SMILES string of the molecule is Cc1cc(Oc2cc(N)cc(OC(C)C)c2)cc(C)c1Cl. The molecule has 2 aromatic rings. The van der Waals surface area contributed by atoms with Gasteiger partial charge in [0.15, 0.2) is 0 Å². The number of hydrogen-bond acceptors (Lipinski definition) is 3. The fourth-order valence-corrected chi connectivity index (χ4v) is 2.20. The molecule has 0 aromatic heterocycles. The van der Waals surface area contributed by atoms with Crippen molar-refractivity contribution in [3.05, 3.63) is 46.5 Å². The van der Waals surface area contributed by atoms with Gasteiger partial charge in [0.1, 0.15) is 17.2 Å². The molecule has 3 nitrogen and oxygen atoms in total. The third-order valence-corrected chi connectivity index (χ3v) is 3.52. The number of nitrogen functional groups attached to an aromatic ring is 1. The maximum absolute atomic E-state index is 6.16. The maximum atomic E-state index is 6.16. The summed E-state index contributed by atoms with van der Waals surface area (Å²) in [5, 5.41) is 0.763. The molecule has 0 aliphatic carbocycles. The Morgan fingerprint density at radius 1 is 0.905 bits per heavy atom. The standard InChI is InChI=1S/C17H20ClNO2/c1-10(2)20-15-7-13(19)8-16(9-15)21-14-5-11(3)17(18)12(4)6-14/h5-10H,19H2,1-4H3. The van der Waals surface area contributed by atoms with Crippen molar-refractivity contribution in [1.82, 2.24) is 0 Å². The van der Waals surface area contributed by atoms with Crippen LogP contribution in [0.3, 0.4) is 0 Å². The molecule has 0 amide bonds. The minimum Gasteiger partial charge on any atom is -0.491 e. The molecule has 0 radical (unpaired) electrons. The summed E-state index contributed by atoms with van der Waals surface area (Å²) in [6.45, 7) is 7.84. The Hall–Kier alpha value is -1.87. The lowest BCUT2D eigenvalue weighted by atomic mass is 10.1. The first-order valence-electron chi connectivity index (χ1n) is 6.87. The molecule has 0 aliphatic heterocycles. The first-order chi connectivity index (χ1) is 9.85. The van der Waals surface area contributed by atoms with Gasteiger partial charge in [-0.05, 0) is 51.0 Å². The first kappa shape index (κ1) is 15.5. The lowest BCUT2D eigenvalue weighted by Gasteiger charge is -2.14. The molecular weight excluding hydrogens is 286 g/mol. The van der Waals surface area contributed by atoms with Crippen molar-refractivity contribution in [2.75, 3.05) is 5.73 Å². The predicted octanol–water partition coefficient (Wildman–Crippen LogP) is 5.12. The highest BCUT2D eigenvalue weighted by atomic mass is 35.5. The van der Waals surface area contributed by atoms with E-state index in [2.05, 4.69) is 0 Å². The maximum Gasteiger partial charge on any atom is 0.133 e. The molecule has 0 saturated heterocycles. The van der Waals surface area contributed by atoms with Crippen molar-refractivity contribution in [2.45, 2.75) is 33.8 Å². The normalized spacial score (nSPS) is 10.8. The van der Waals surface area contributed by atoms with E-state index in [9.17, 15) is 0 Å². The molecule has 0 aliphatic rings. The molecule has 2 rings (SSSR count). The second kappa shape index (κ2) is 6.27. The highest BCUT2D eigenvalue weighted by Gasteiger charge is 2.07. The second-order valence-corrected chi connectivity index (χ2v) is 5.76. The average Bonchev–Trinajstić information content (AvgIpc) is 2.34. The third kappa shape index (κ3) is 4.05. The summed E-state index contributed by atoms with van der Waals surface area (Å²) >= 11 is 6.16.